The van der Waals surface area contributed by atoms with Crippen LogP contribution in [0.4, 0.5) is 0 Å². The highest BCUT2D eigenvalue weighted by Crippen LogP contribution is 2.28. The Hall–Kier alpha value is -1.36. The molecule has 1 fully saturated rings. The summed E-state index contributed by atoms with van der Waals surface area (Å²) in [4.78, 5) is 15.8. The third-order valence-corrected chi connectivity index (χ3v) is 3.88. The minimum absolute atomic E-state index is 0.0260. The van der Waals surface area contributed by atoms with E-state index in [1.807, 2.05) is 17.7 Å². The Bertz CT molecular complexity index is 422. The summed E-state index contributed by atoms with van der Waals surface area (Å²) in [6, 6.07) is 0. The van der Waals surface area contributed by atoms with E-state index < -0.39 is 5.60 Å². The van der Waals surface area contributed by atoms with E-state index in [1.54, 1.807) is 6.20 Å². The molecular weight excluding hydrogens is 242 g/mol. The van der Waals surface area contributed by atoms with Gasteiger partial charge in [-0.25, -0.2) is 4.98 Å². The summed E-state index contributed by atoms with van der Waals surface area (Å²) in [5.41, 5.74) is -0.656. The molecule has 106 valence electrons. The minimum atomic E-state index is -0.656. The standard InChI is InChI=1S/C14H23N3O2/c1-12-15-8-10-17(12)9-4-5-13(18)16-11-14(19)6-2-3-7-14/h8,10,19H,2-7,9,11H2,1H3,(H,16,18). The second-order valence-corrected chi connectivity index (χ2v) is 5.48. The van der Waals surface area contributed by atoms with Crippen molar-refractivity contribution in [3.63, 3.8) is 0 Å². The van der Waals surface area contributed by atoms with Crippen LogP contribution in [0.15, 0.2) is 12.4 Å². The van der Waals surface area contributed by atoms with Crippen LogP contribution in [0.25, 0.3) is 0 Å². The van der Waals surface area contributed by atoms with Crippen molar-refractivity contribution < 1.29 is 9.90 Å². The number of aromatic nitrogens is 2. The maximum absolute atomic E-state index is 11.7. The topological polar surface area (TPSA) is 67.2 Å². The zero-order chi connectivity index (χ0) is 13.7. The number of imidazole rings is 1. The number of aryl methyl sites for hydroxylation is 2. The van der Waals surface area contributed by atoms with Crippen LogP contribution in [0.5, 0.6) is 0 Å². The number of hydrogen-bond acceptors (Lipinski definition) is 3. The van der Waals surface area contributed by atoms with Gasteiger partial charge in [0, 0.05) is 31.9 Å². The van der Waals surface area contributed by atoms with Crippen molar-refractivity contribution in [2.24, 2.45) is 0 Å². The van der Waals surface area contributed by atoms with Crippen molar-refractivity contribution in [3.8, 4) is 0 Å². The van der Waals surface area contributed by atoms with Crippen LogP contribution in [0.2, 0.25) is 0 Å². The molecule has 0 spiro atoms. The third kappa shape index (κ3) is 4.06. The van der Waals surface area contributed by atoms with Crippen molar-refractivity contribution in [1.82, 2.24) is 14.9 Å². The average Bonchev–Trinajstić information content (AvgIpc) is 2.98. The van der Waals surface area contributed by atoms with Gasteiger partial charge in [-0.2, -0.15) is 0 Å². The lowest BCUT2D eigenvalue weighted by molar-refractivity contribution is -0.122. The number of nitrogens with one attached hydrogen (secondary N) is 1. The zero-order valence-corrected chi connectivity index (χ0v) is 11.6. The molecule has 5 nitrogen and oxygen atoms in total. The summed E-state index contributed by atoms with van der Waals surface area (Å²) in [7, 11) is 0. The summed E-state index contributed by atoms with van der Waals surface area (Å²) in [5, 5.41) is 13.0. The van der Waals surface area contributed by atoms with Gasteiger partial charge in [0.15, 0.2) is 0 Å². The lowest BCUT2D eigenvalue weighted by Gasteiger charge is -2.22. The van der Waals surface area contributed by atoms with Gasteiger partial charge < -0.3 is 15.0 Å². The average molecular weight is 265 g/mol. The molecule has 1 aliphatic rings. The lowest BCUT2D eigenvalue weighted by Crippen LogP contribution is -2.40. The Labute approximate surface area is 114 Å². The second kappa shape index (κ2) is 6.19. The van der Waals surface area contributed by atoms with Gasteiger partial charge in [0.2, 0.25) is 5.91 Å². The highest BCUT2D eigenvalue weighted by molar-refractivity contribution is 5.75. The molecule has 1 heterocycles. The Morgan fingerprint density at radius 2 is 2.26 bits per heavy atom. The molecule has 0 aromatic carbocycles. The fourth-order valence-electron chi connectivity index (χ4n) is 2.61. The van der Waals surface area contributed by atoms with E-state index in [9.17, 15) is 9.90 Å². The third-order valence-electron chi connectivity index (χ3n) is 3.88. The van der Waals surface area contributed by atoms with Crippen LogP contribution in [0.3, 0.4) is 0 Å². The lowest BCUT2D eigenvalue weighted by atomic mass is 10.0. The Morgan fingerprint density at radius 1 is 1.53 bits per heavy atom. The van der Waals surface area contributed by atoms with Gasteiger partial charge in [0.05, 0.1) is 5.60 Å². The van der Waals surface area contributed by atoms with Crippen LogP contribution in [0, 0.1) is 6.92 Å². The van der Waals surface area contributed by atoms with Crippen LogP contribution < -0.4 is 5.32 Å². The first-order valence-electron chi connectivity index (χ1n) is 7.06. The molecule has 1 aliphatic carbocycles. The summed E-state index contributed by atoms with van der Waals surface area (Å²) in [6.45, 7) is 3.16. The predicted molar refractivity (Wildman–Crippen MR) is 72.6 cm³/mol. The molecule has 2 N–H and O–H groups in total. The zero-order valence-electron chi connectivity index (χ0n) is 11.6. The van der Waals surface area contributed by atoms with E-state index in [2.05, 4.69) is 10.3 Å². The van der Waals surface area contributed by atoms with Gasteiger partial charge in [-0.3, -0.25) is 4.79 Å². The molecule has 1 aromatic rings. The quantitative estimate of drug-likeness (QED) is 0.817. The fourth-order valence-corrected chi connectivity index (χ4v) is 2.61. The van der Waals surface area contributed by atoms with E-state index >= 15 is 0 Å². The van der Waals surface area contributed by atoms with Crippen molar-refractivity contribution in [3.05, 3.63) is 18.2 Å². The largest absolute Gasteiger partial charge is 0.388 e. The molecule has 1 aromatic heterocycles. The molecule has 19 heavy (non-hydrogen) atoms. The molecule has 5 heteroatoms. The molecule has 0 saturated heterocycles. The first-order valence-corrected chi connectivity index (χ1v) is 7.06. The first kappa shape index (κ1) is 14.1. The number of rotatable bonds is 6. The maximum atomic E-state index is 11.7. The number of amides is 1. The van der Waals surface area contributed by atoms with Crippen LogP contribution >= 0.6 is 0 Å². The van der Waals surface area contributed by atoms with Crippen molar-refractivity contribution in [2.45, 2.75) is 57.6 Å². The highest BCUT2D eigenvalue weighted by atomic mass is 16.3. The number of hydrogen-bond donors (Lipinski definition) is 2. The number of nitrogens with zero attached hydrogens (tertiary/aromatic N) is 2. The molecule has 0 radical (unpaired) electrons. The molecule has 0 atom stereocenters. The van der Waals surface area contributed by atoms with Crippen LogP contribution in [-0.4, -0.2) is 32.7 Å². The fraction of sp³-hybridized carbons (Fsp3) is 0.714. The van der Waals surface area contributed by atoms with Crippen LogP contribution in [0.1, 0.15) is 44.3 Å². The van der Waals surface area contributed by atoms with Gasteiger partial charge in [-0.15, -0.1) is 0 Å². The SMILES string of the molecule is Cc1nccn1CCCC(=O)NCC1(O)CCCC1. The second-order valence-electron chi connectivity index (χ2n) is 5.48. The molecule has 0 aliphatic heterocycles. The maximum Gasteiger partial charge on any atom is 0.220 e. The number of carbonyl (C=O) groups is 1. The van der Waals surface area contributed by atoms with E-state index in [4.69, 9.17) is 0 Å². The van der Waals surface area contributed by atoms with E-state index in [0.29, 0.717) is 13.0 Å². The summed E-state index contributed by atoms with van der Waals surface area (Å²) in [5.74, 6) is 0.999. The molecule has 2 rings (SSSR count). The van der Waals surface area contributed by atoms with Gasteiger partial charge in [-0.1, -0.05) is 12.8 Å². The predicted octanol–water partition coefficient (Wildman–Crippen LogP) is 1.39. The summed E-state index contributed by atoms with van der Waals surface area (Å²) < 4.78 is 2.04. The van der Waals surface area contributed by atoms with E-state index in [-0.39, 0.29) is 5.91 Å². The van der Waals surface area contributed by atoms with Crippen molar-refractivity contribution in [1.29, 1.82) is 0 Å². The van der Waals surface area contributed by atoms with Gasteiger partial charge in [0.1, 0.15) is 5.82 Å². The minimum Gasteiger partial charge on any atom is -0.388 e. The molecule has 0 unspecified atom stereocenters. The molecular formula is C14H23N3O2. The first-order chi connectivity index (χ1) is 9.09. The summed E-state index contributed by atoms with van der Waals surface area (Å²) in [6.07, 6.45) is 8.72. The van der Waals surface area contributed by atoms with E-state index in [0.717, 1.165) is 44.5 Å². The number of aliphatic hydroxyl groups is 1. The van der Waals surface area contributed by atoms with Gasteiger partial charge in [0.25, 0.3) is 0 Å². The van der Waals surface area contributed by atoms with Crippen LogP contribution in [-0.2, 0) is 11.3 Å². The molecule has 1 saturated carbocycles. The number of carbonyl (C=O) groups excluding carboxylic acids is 1. The monoisotopic (exact) mass is 265 g/mol. The summed E-state index contributed by atoms with van der Waals surface area (Å²) >= 11 is 0. The highest BCUT2D eigenvalue weighted by Gasteiger charge is 2.31. The van der Waals surface area contributed by atoms with E-state index in [1.165, 1.54) is 0 Å². The normalized spacial score (nSPS) is 17.6. The Morgan fingerprint density at radius 3 is 2.89 bits per heavy atom. The van der Waals surface area contributed by atoms with Gasteiger partial charge >= 0.3 is 0 Å². The Balaban J connectivity index is 1.63. The molecule has 1 amide bonds. The van der Waals surface area contributed by atoms with Crippen molar-refractivity contribution in [2.75, 3.05) is 6.54 Å². The van der Waals surface area contributed by atoms with Crippen molar-refractivity contribution >= 4 is 5.91 Å². The smallest absolute Gasteiger partial charge is 0.220 e. The van der Waals surface area contributed by atoms with Gasteiger partial charge in [-0.05, 0) is 26.2 Å². The molecule has 0 bridgehead atoms. The Kier molecular flexibility index (Phi) is 4.58.